The number of H-pyrrole nitrogens is 1. The summed E-state index contributed by atoms with van der Waals surface area (Å²) in [6.07, 6.45) is 0. The van der Waals surface area contributed by atoms with E-state index < -0.39 is 0 Å². The Kier molecular flexibility index (Phi) is 2.13. The molecule has 0 fully saturated rings. The number of rotatable bonds is 1. The van der Waals surface area contributed by atoms with Crippen molar-refractivity contribution in [3.8, 4) is 16.8 Å². The quantitative estimate of drug-likeness (QED) is 0.708. The van der Waals surface area contributed by atoms with Crippen molar-refractivity contribution in [1.29, 1.82) is 5.26 Å². The highest BCUT2D eigenvalue weighted by Gasteiger charge is 2.12. The van der Waals surface area contributed by atoms with Gasteiger partial charge in [-0.25, -0.2) is 4.98 Å². The van der Waals surface area contributed by atoms with Gasteiger partial charge in [-0.1, -0.05) is 10.6 Å². The van der Waals surface area contributed by atoms with Gasteiger partial charge in [-0.2, -0.15) is 5.26 Å². The van der Waals surface area contributed by atoms with Gasteiger partial charge in [0.1, 0.15) is 16.5 Å². The van der Waals surface area contributed by atoms with Crippen LogP contribution in [0.4, 0.5) is 0 Å². The molecule has 82 valence electrons. The molecule has 0 aliphatic heterocycles. The largest absolute Gasteiger partial charge is 0.337 e. The Balaban J connectivity index is 2.28. The molecule has 1 aromatic carbocycles. The van der Waals surface area contributed by atoms with Crippen LogP contribution in [0.1, 0.15) is 11.3 Å². The molecule has 0 saturated heterocycles. The van der Waals surface area contributed by atoms with Crippen molar-refractivity contribution in [1.82, 2.24) is 19.6 Å². The topological polar surface area (TPSA) is 78.2 Å². The molecule has 17 heavy (non-hydrogen) atoms. The van der Waals surface area contributed by atoms with E-state index in [1.807, 2.05) is 19.1 Å². The summed E-state index contributed by atoms with van der Waals surface area (Å²) < 4.78 is 3.88. The first kappa shape index (κ1) is 9.93. The highest BCUT2D eigenvalue weighted by atomic mass is 32.1. The van der Waals surface area contributed by atoms with E-state index in [4.69, 9.17) is 5.26 Å². The molecule has 6 heteroatoms. The zero-order chi connectivity index (χ0) is 11.8. The van der Waals surface area contributed by atoms with Crippen LogP contribution < -0.4 is 0 Å². The van der Waals surface area contributed by atoms with Gasteiger partial charge >= 0.3 is 0 Å². The molecule has 0 radical (unpaired) electrons. The van der Waals surface area contributed by atoms with Crippen LogP contribution in [0.25, 0.3) is 21.7 Å². The lowest BCUT2D eigenvalue weighted by Crippen LogP contribution is -1.80. The van der Waals surface area contributed by atoms with Gasteiger partial charge in [0.15, 0.2) is 5.82 Å². The molecule has 1 N–H and O–H groups in total. The number of nitrogens with one attached hydrogen (secondary N) is 1. The summed E-state index contributed by atoms with van der Waals surface area (Å²) in [5.41, 5.74) is 2.96. The van der Waals surface area contributed by atoms with E-state index in [0.717, 1.165) is 21.9 Å². The van der Waals surface area contributed by atoms with Gasteiger partial charge in [0.2, 0.25) is 0 Å². The Morgan fingerprint density at radius 1 is 1.41 bits per heavy atom. The summed E-state index contributed by atoms with van der Waals surface area (Å²) in [7, 11) is 0. The molecule has 2 aromatic heterocycles. The molecule has 0 bridgehead atoms. The Morgan fingerprint density at radius 2 is 2.29 bits per heavy atom. The first-order valence-electron chi connectivity index (χ1n) is 4.98. The molecule has 0 atom stereocenters. The second-order valence-electron chi connectivity index (χ2n) is 3.59. The van der Waals surface area contributed by atoms with Crippen LogP contribution >= 0.6 is 11.5 Å². The summed E-state index contributed by atoms with van der Waals surface area (Å²) in [5, 5.41) is 13.0. The highest BCUT2D eigenvalue weighted by molar-refractivity contribution is 7.09. The van der Waals surface area contributed by atoms with Gasteiger partial charge in [0, 0.05) is 0 Å². The second-order valence-corrected chi connectivity index (χ2v) is 4.34. The number of nitriles is 1. The number of nitrogens with zero attached hydrogens (tertiary/aromatic N) is 4. The number of para-hydroxylation sites is 1. The number of aromatic nitrogens is 4. The summed E-state index contributed by atoms with van der Waals surface area (Å²) in [5.74, 6) is 0.718. The number of hydrogen-bond donors (Lipinski definition) is 1. The van der Waals surface area contributed by atoms with Crippen molar-refractivity contribution in [3.63, 3.8) is 0 Å². The highest BCUT2D eigenvalue weighted by Crippen LogP contribution is 2.26. The molecule has 0 saturated carbocycles. The van der Waals surface area contributed by atoms with Crippen molar-refractivity contribution in [2.45, 2.75) is 6.92 Å². The van der Waals surface area contributed by atoms with Gasteiger partial charge in [-0.15, -0.1) is 5.10 Å². The second kappa shape index (κ2) is 3.64. The summed E-state index contributed by atoms with van der Waals surface area (Å²) >= 11 is 1.29. The van der Waals surface area contributed by atoms with Crippen LogP contribution in [0.3, 0.4) is 0 Å². The minimum atomic E-state index is 0.570. The van der Waals surface area contributed by atoms with Crippen molar-refractivity contribution in [3.05, 3.63) is 29.5 Å². The minimum Gasteiger partial charge on any atom is -0.337 e. The number of aryl methyl sites for hydroxylation is 1. The smallest absolute Gasteiger partial charge is 0.152 e. The minimum absolute atomic E-state index is 0.570. The Bertz CT molecular complexity index is 734. The summed E-state index contributed by atoms with van der Waals surface area (Å²) in [4.78, 5) is 8.53. The summed E-state index contributed by atoms with van der Waals surface area (Å²) in [6, 6.07) is 7.62. The van der Waals surface area contributed by atoms with Crippen LogP contribution in [-0.4, -0.2) is 19.6 Å². The van der Waals surface area contributed by atoms with Gasteiger partial charge in [-0.05, 0) is 30.6 Å². The molecular weight excluding hydrogens is 234 g/mol. The maximum atomic E-state index is 9.00. The third-order valence-electron chi connectivity index (χ3n) is 2.50. The molecular formula is C11H7N5S. The van der Waals surface area contributed by atoms with Gasteiger partial charge in [-0.3, -0.25) is 0 Å². The zero-order valence-electron chi connectivity index (χ0n) is 8.93. The number of hydrogen-bond acceptors (Lipinski definition) is 5. The predicted octanol–water partition coefficient (Wildman–Crippen LogP) is 2.26. The first-order chi connectivity index (χ1) is 8.29. The molecule has 0 aliphatic carbocycles. The Morgan fingerprint density at radius 3 is 3.00 bits per heavy atom. The molecule has 3 aromatic rings. The zero-order valence-corrected chi connectivity index (χ0v) is 9.75. The standard InChI is InChI=1S/C11H7N5S/c1-6-10(17-16-15-6)11-13-8-4-2-3-7(5-12)9(8)14-11/h2-4H,1H3,(H,13,14). The Hall–Kier alpha value is -2.26. The maximum Gasteiger partial charge on any atom is 0.152 e. The fraction of sp³-hybridized carbons (Fsp3) is 0.0909. The monoisotopic (exact) mass is 241 g/mol. The van der Waals surface area contributed by atoms with Gasteiger partial charge < -0.3 is 4.98 Å². The molecule has 0 unspecified atom stereocenters. The summed E-state index contributed by atoms with van der Waals surface area (Å²) in [6.45, 7) is 1.89. The van der Waals surface area contributed by atoms with Crippen LogP contribution in [0.5, 0.6) is 0 Å². The number of imidazole rings is 1. The van der Waals surface area contributed by atoms with E-state index in [-0.39, 0.29) is 0 Å². The number of fused-ring (bicyclic) bond motifs is 1. The molecule has 0 aliphatic rings. The van der Waals surface area contributed by atoms with Crippen molar-refractivity contribution in [2.24, 2.45) is 0 Å². The third kappa shape index (κ3) is 1.48. The molecule has 0 amide bonds. The van der Waals surface area contributed by atoms with Crippen molar-refractivity contribution >= 4 is 22.6 Å². The number of benzene rings is 1. The van der Waals surface area contributed by atoms with E-state index in [2.05, 4.69) is 25.6 Å². The molecule has 0 spiro atoms. The van der Waals surface area contributed by atoms with Crippen LogP contribution in [0, 0.1) is 18.3 Å². The third-order valence-corrected chi connectivity index (χ3v) is 3.33. The average molecular weight is 241 g/mol. The maximum absolute atomic E-state index is 9.00. The SMILES string of the molecule is Cc1nnsc1-c1nc2c(C#N)cccc2[nH]1. The normalized spacial score (nSPS) is 10.6. The average Bonchev–Trinajstić information content (AvgIpc) is 2.93. The van der Waals surface area contributed by atoms with E-state index in [9.17, 15) is 0 Å². The molecule has 3 rings (SSSR count). The lowest BCUT2D eigenvalue weighted by atomic mass is 10.2. The predicted molar refractivity (Wildman–Crippen MR) is 64.4 cm³/mol. The van der Waals surface area contributed by atoms with Gasteiger partial charge in [0.05, 0.1) is 16.8 Å². The fourth-order valence-electron chi connectivity index (χ4n) is 1.68. The van der Waals surface area contributed by atoms with Crippen LogP contribution in [-0.2, 0) is 0 Å². The lowest BCUT2D eigenvalue weighted by Gasteiger charge is -1.88. The van der Waals surface area contributed by atoms with Gasteiger partial charge in [0.25, 0.3) is 0 Å². The fourth-order valence-corrected chi connectivity index (χ4v) is 2.28. The van der Waals surface area contributed by atoms with E-state index in [1.165, 1.54) is 11.5 Å². The van der Waals surface area contributed by atoms with Crippen LogP contribution in [0.2, 0.25) is 0 Å². The van der Waals surface area contributed by atoms with Crippen LogP contribution in [0.15, 0.2) is 18.2 Å². The van der Waals surface area contributed by atoms with E-state index in [0.29, 0.717) is 11.1 Å². The molecule has 5 nitrogen and oxygen atoms in total. The molecule has 2 heterocycles. The van der Waals surface area contributed by atoms with Crippen molar-refractivity contribution < 1.29 is 0 Å². The lowest BCUT2D eigenvalue weighted by molar-refractivity contribution is 1.09. The Labute approximate surface area is 101 Å². The number of aromatic amines is 1. The first-order valence-corrected chi connectivity index (χ1v) is 5.75. The van der Waals surface area contributed by atoms with E-state index in [1.54, 1.807) is 6.07 Å². The van der Waals surface area contributed by atoms with Crippen molar-refractivity contribution in [2.75, 3.05) is 0 Å². The van der Waals surface area contributed by atoms with E-state index >= 15 is 0 Å².